The predicted molar refractivity (Wildman–Crippen MR) is 228 cm³/mol. The van der Waals surface area contributed by atoms with Crippen LogP contribution < -0.4 is 0 Å². The molecule has 1 N–H and O–H groups in total. The monoisotopic (exact) mass is 729 g/mol. The van der Waals surface area contributed by atoms with Crippen LogP contribution in [0.3, 0.4) is 0 Å². The number of rotatable bonds is 42. The van der Waals surface area contributed by atoms with E-state index in [9.17, 15) is 9.90 Å². The maximum atomic E-state index is 12.2. The molecule has 0 saturated carbocycles. The van der Waals surface area contributed by atoms with Gasteiger partial charge in [0, 0.05) is 13.0 Å². The summed E-state index contributed by atoms with van der Waals surface area (Å²) in [5.74, 6) is -0.206. The van der Waals surface area contributed by atoms with Crippen molar-refractivity contribution < 1.29 is 19.4 Å². The van der Waals surface area contributed by atoms with Crippen molar-refractivity contribution in [3.05, 3.63) is 48.6 Å². The Balaban J connectivity index is 3.42. The van der Waals surface area contributed by atoms with Crippen LogP contribution >= 0.6 is 0 Å². The van der Waals surface area contributed by atoms with Crippen LogP contribution in [-0.4, -0.2) is 37.0 Å². The highest BCUT2D eigenvalue weighted by molar-refractivity contribution is 5.69. The van der Waals surface area contributed by atoms with Crippen molar-refractivity contribution in [3.8, 4) is 0 Å². The van der Waals surface area contributed by atoms with Crippen molar-refractivity contribution in [1.82, 2.24) is 0 Å². The van der Waals surface area contributed by atoms with E-state index in [0.717, 1.165) is 44.9 Å². The number of allylic oxidation sites excluding steroid dienone is 8. The molecular formula is C48H88O4. The smallest absolute Gasteiger partial charge is 0.306 e. The Bertz CT molecular complexity index is 813. The molecular weight excluding hydrogens is 641 g/mol. The average molecular weight is 729 g/mol. The summed E-state index contributed by atoms with van der Waals surface area (Å²) < 4.78 is 11.2. The normalized spacial score (nSPS) is 12.8. The Morgan fingerprint density at radius 2 is 0.865 bits per heavy atom. The van der Waals surface area contributed by atoms with Gasteiger partial charge in [-0.1, -0.05) is 217 Å². The van der Waals surface area contributed by atoms with Gasteiger partial charge in [0.25, 0.3) is 0 Å². The van der Waals surface area contributed by atoms with E-state index in [1.165, 1.54) is 161 Å². The molecule has 4 heteroatoms. The number of aliphatic hydroxyl groups excluding tert-OH is 1. The molecule has 1 atom stereocenters. The van der Waals surface area contributed by atoms with Gasteiger partial charge in [-0.05, 0) is 51.4 Å². The number of unbranched alkanes of at least 4 members (excludes halogenated alkanes) is 26. The van der Waals surface area contributed by atoms with Gasteiger partial charge < -0.3 is 14.6 Å². The van der Waals surface area contributed by atoms with Gasteiger partial charge in [-0.25, -0.2) is 0 Å². The summed E-state index contributed by atoms with van der Waals surface area (Å²) in [6, 6.07) is 0. The number of esters is 1. The van der Waals surface area contributed by atoms with Crippen LogP contribution in [-0.2, 0) is 14.3 Å². The zero-order valence-electron chi connectivity index (χ0n) is 34.8. The molecule has 1 unspecified atom stereocenters. The topological polar surface area (TPSA) is 55.8 Å². The molecule has 0 radical (unpaired) electrons. The summed E-state index contributed by atoms with van der Waals surface area (Å²) in [5, 5.41) is 9.62. The molecule has 0 spiro atoms. The van der Waals surface area contributed by atoms with Gasteiger partial charge >= 0.3 is 5.97 Å². The quantitative estimate of drug-likeness (QED) is 0.0386. The molecule has 0 aromatic rings. The fourth-order valence-corrected chi connectivity index (χ4v) is 6.56. The van der Waals surface area contributed by atoms with E-state index >= 15 is 0 Å². The molecule has 0 aliphatic rings. The van der Waals surface area contributed by atoms with Gasteiger partial charge in [0.15, 0.2) is 0 Å². The second kappa shape index (κ2) is 45.5. The maximum absolute atomic E-state index is 12.2. The third-order valence-corrected chi connectivity index (χ3v) is 9.92. The SMILES string of the molecule is CC/C=C\C/C=C\C/C=C\C/C=C\CCCCCCCCCCC(=O)OC(CO)COCCCCCCCCCCCCCCCCCCCCC. The number of hydrogen-bond acceptors (Lipinski definition) is 4. The molecule has 52 heavy (non-hydrogen) atoms. The first-order chi connectivity index (χ1) is 25.7. The lowest BCUT2D eigenvalue weighted by Crippen LogP contribution is -2.27. The van der Waals surface area contributed by atoms with Crippen LogP contribution in [0, 0.1) is 0 Å². The van der Waals surface area contributed by atoms with Crippen molar-refractivity contribution in [2.45, 2.75) is 232 Å². The lowest BCUT2D eigenvalue weighted by atomic mass is 10.0. The Labute approximate surface area is 324 Å². The van der Waals surface area contributed by atoms with E-state index in [2.05, 4.69) is 62.5 Å². The standard InChI is InChI=1S/C48H88O4/c1-3-5-7-9-11-13-15-17-19-21-23-24-25-27-29-31-33-35-37-39-41-43-48(50)52-47(45-49)46-51-44-42-40-38-36-34-32-30-28-26-22-20-18-16-14-12-10-8-6-4-2/h5,7,11,13,17,19,23-24,47,49H,3-4,6,8-10,12,14-16,18,20-22,25-46H2,1-2H3/b7-5-,13-11-,19-17-,24-23-. The number of ether oxygens (including phenoxy) is 2. The number of hydrogen-bond donors (Lipinski definition) is 1. The lowest BCUT2D eigenvalue weighted by Gasteiger charge is -2.16. The Kier molecular flexibility index (Phi) is 44.1. The molecule has 0 amide bonds. The largest absolute Gasteiger partial charge is 0.457 e. The zero-order chi connectivity index (χ0) is 37.7. The van der Waals surface area contributed by atoms with Crippen LogP contribution in [0.1, 0.15) is 226 Å². The number of carbonyl (C=O) groups is 1. The van der Waals surface area contributed by atoms with Crippen LogP contribution in [0.4, 0.5) is 0 Å². The van der Waals surface area contributed by atoms with Gasteiger partial charge in [-0.3, -0.25) is 4.79 Å². The van der Waals surface area contributed by atoms with Gasteiger partial charge in [-0.2, -0.15) is 0 Å². The summed E-state index contributed by atoms with van der Waals surface area (Å²) in [5.41, 5.74) is 0. The first kappa shape index (κ1) is 50.4. The molecule has 0 saturated heterocycles. The Morgan fingerprint density at radius 1 is 0.481 bits per heavy atom. The van der Waals surface area contributed by atoms with Gasteiger partial charge in [0.2, 0.25) is 0 Å². The molecule has 0 aromatic heterocycles. The molecule has 0 fully saturated rings. The summed E-state index contributed by atoms with van der Waals surface area (Å²) in [6.45, 7) is 5.26. The molecule has 0 heterocycles. The van der Waals surface area contributed by atoms with Gasteiger partial charge in [-0.15, -0.1) is 0 Å². The van der Waals surface area contributed by atoms with Crippen LogP contribution in [0.2, 0.25) is 0 Å². The fourth-order valence-electron chi connectivity index (χ4n) is 6.56. The highest BCUT2D eigenvalue weighted by Gasteiger charge is 2.13. The maximum Gasteiger partial charge on any atom is 0.306 e. The molecule has 0 aliphatic heterocycles. The lowest BCUT2D eigenvalue weighted by molar-refractivity contribution is -0.154. The number of carbonyl (C=O) groups excluding carboxylic acids is 1. The van der Waals surface area contributed by atoms with Crippen LogP contribution in [0.25, 0.3) is 0 Å². The third-order valence-electron chi connectivity index (χ3n) is 9.92. The van der Waals surface area contributed by atoms with E-state index in [-0.39, 0.29) is 12.6 Å². The summed E-state index contributed by atoms with van der Waals surface area (Å²) >= 11 is 0. The van der Waals surface area contributed by atoms with E-state index < -0.39 is 6.10 Å². The second-order valence-electron chi connectivity index (χ2n) is 15.1. The number of aliphatic hydroxyl groups is 1. The first-order valence-electron chi connectivity index (χ1n) is 22.7. The highest BCUT2D eigenvalue weighted by atomic mass is 16.6. The summed E-state index contributed by atoms with van der Waals surface area (Å²) in [6.07, 6.45) is 58.9. The van der Waals surface area contributed by atoms with Crippen molar-refractivity contribution in [2.24, 2.45) is 0 Å². The molecule has 0 aliphatic carbocycles. The van der Waals surface area contributed by atoms with E-state index in [0.29, 0.717) is 19.6 Å². The molecule has 0 rings (SSSR count). The van der Waals surface area contributed by atoms with E-state index in [1.54, 1.807) is 0 Å². The van der Waals surface area contributed by atoms with Crippen molar-refractivity contribution >= 4 is 5.97 Å². The molecule has 304 valence electrons. The Morgan fingerprint density at radius 3 is 1.31 bits per heavy atom. The van der Waals surface area contributed by atoms with Crippen molar-refractivity contribution in [2.75, 3.05) is 19.8 Å². The van der Waals surface area contributed by atoms with Crippen LogP contribution in [0.5, 0.6) is 0 Å². The molecule has 0 aromatic carbocycles. The van der Waals surface area contributed by atoms with Crippen LogP contribution in [0.15, 0.2) is 48.6 Å². The minimum atomic E-state index is -0.537. The summed E-state index contributed by atoms with van der Waals surface area (Å²) in [7, 11) is 0. The van der Waals surface area contributed by atoms with Crippen molar-refractivity contribution in [3.63, 3.8) is 0 Å². The molecule has 4 nitrogen and oxygen atoms in total. The average Bonchev–Trinajstić information content (AvgIpc) is 3.15. The minimum Gasteiger partial charge on any atom is -0.457 e. The van der Waals surface area contributed by atoms with Gasteiger partial charge in [0.1, 0.15) is 6.10 Å². The second-order valence-corrected chi connectivity index (χ2v) is 15.1. The van der Waals surface area contributed by atoms with E-state index in [1.807, 2.05) is 0 Å². The minimum absolute atomic E-state index is 0.173. The Hall–Kier alpha value is -1.65. The zero-order valence-corrected chi connectivity index (χ0v) is 34.8. The third kappa shape index (κ3) is 42.8. The highest BCUT2D eigenvalue weighted by Crippen LogP contribution is 2.15. The van der Waals surface area contributed by atoms with E-state index in [4.69, 9.17) is 9.47 Å². The van der Waals surface area contributed by atoms with Gasteiger partial charge in [0.05, 0.1) is 13.2 Å². The molecule has 0 bridgehead atoms. The first-order valence-corrected chi connectivity index (χ1v) is 22.7. The fraction of sp³-hybridized carbons (Fsp3) is 0.812. The summed E-state index contributed by atoms with van der Waals surface area (Å²) in [4.78, 5) is 12.2. The predicted octanol–water partition coefficient (Wildman–Crippen LogP) is 15.0. The van der Waals surface area contributed by atoms with Crippen molar-refractivity contribution in [1.29, 1.82) is 0 Å².